The van der Waals surface area contributed by atoms with Crippen LogP contribution in [0.25, 0.3) is 11.2 Å². The van der Waals surface area contributed by atoms with Gasteiger partial charge < -0.3 is 24.7 Å². The predicted octanol–water partition coefficient (Wildman–Crippen LogP) is 3.44. The number of anilines is 1. The second-order valence-electron chi connectivity index (χ2n) is 9.23. The summed E-state index contributed by atoms with van der Waals surface area (Å²) < 4.78 is 68.3. The molecule has 2 N–H and O–H groups in total. The van der Waals surface area contributed by atoms with Crippen molar-refractivity contribution >= 4 is 31.1 Å². The number of nitrogens with two attached hydrogens (primary N) is 1. The first-order chi connectivity index (χ1) is 18.7. The van der Waals surface area contributed by atoms with Gasteiger partial charge in [0.05, 0.1) is 32.3 Å². The molecular weight excluding hydrogens is 540 g/mol. The van der Waals surface area contributed by atoms with E-state index in [2.05, 4.69) is 15.0 Å². The molecule has 0 bridgehead atoms. The number of halogens is 1. The van der Waals surface area contributed by atoms with Gasteiger partial charge in [-0.2, -0.15) is 9.97 Å². The lowest BCUT2D eigenvalue weighted by Gasteiger charge is -2.30. The fraction of sp³-hybridized carbons (Fsp3) is 0.478. The lowest BCUT2D eigenvalue weighted by molar-refractivity contribution is -0.0926. The third-order valence-electron chi connectivity index (χ3n) is 6.70. The molecule has 6 atom stereocenters. The molecule has 2 aromatic heterocycles. The normalized spacial score (nSPS) is 32.1. The highest BCUT2D eigenvalue weighted by Gasteiger charge is 2.64. The number of phosphoric acid groups is 1. The van der Waals surface area contributed by atoms with Gasteiger partial charge in [0, 0.05) is 12.0 Å². The van der Waals surface area contributed by atoms with Crippen molar-refractivity contribution in [1.29, 1.82) is 0 Å². The van der Waals surface area contributed by atoms with Gasteiger partial charge in [-0.1, -0.05) is 18.2 Å². The minimum atomic E-state index is -4.12. The molecular formula is C23H25FN5O9P. The molecule has 16 heteroatoms. The lowest BCUT2D eigenvalue weighted by atomic mass is 9.96. The zero-order valence-corrected chi connectivity index (χ0v) is 21.8. The van der Waals surface area contributed by atoms with E-state index in [4.69, 9.17) is 38.3 Å². The highest BCUT2D eigenvalue weighted by molar-refractivity contribution is 7.48. The van der Waals surface area contributed by atoms with Crippen molar-refractivity contribution in [1.82, 2.24) is 19.5 Å². The van der Waals surface area contributed by atoms with Gasteiger partial charge in [0.2, 0.25) is 11.8 Å². The summed E-state index contributed by atoms with van der Waals surface area (Å²) in [4.78, 5) is 24.9. The number of fused-ring (bicyclic) bond motifs is 2. The molecule has 3 aliphatic heterocycles. The first-order valence-corrected chi connectivity index (χ1v) is 13.7. The molecule has 3 fully saturated rings. The van der Waals surface area contributed by atoms with Crippen LogP contribution in [0.2, 0.25) is 0 Å². The Morgan fingerprint density at radius 1 is 1.31 bits per heavy atom. The Balaban J connectivity index is 1.25. The molecule has 5 heterocycles. The third-order valence-corrected chi connectivity index (χ3v) is 8.18. The number of nitrogen functional groups attached to an aromatic ring is 1. The summed E-state index contributed by atoms with van der Waals surface area (Å²) in [5.74, 6) is -0.360. The highest BCUT2D eigenvalue weighted by Crippen LogP contribution is 2.58. The lowest BCUT2D eigenvalue weighted by Crippen LogP contribution is -2.42. The van der Waals surface area contributed by atoms with E-state index in [1.165, 1.54) is 17.0 Å². The standard InChI is InChI=1S/C23H25FN5O9P/c1-3-32-19-16-18(27-21(25)28-19)29(11-26-16)20-23(2)17(36-22(30)37-23)15(35-20)10-34-39(31)33-9-8-14(38-39)12-6-4-5-7-13(12)24/h4-7,11,14-15,17,20H,3,8-10H2,1-2H3,(H2,25,27,28). The van der Waals surface area contributed by atoms with Crippen LogP contribution in [-0.4, -0.2) is 63.3 Å². The molecule has 6 unspecified atom stereocenters. The summed E-state index contributed by atoms with van der Waals surface area (Å²) in [7, 11) is -4.12. The smallest absolute Gasteiger partial charge is 0.476 e. The van der Waals surface area contributed by atoms with Crippen LogP contribution >= 0.6 is 7.82 Å². The Bertz CT molecular complexity index is 1470. The van der Waals surface area contributed by atoms with Crippen molar-refractivity contribution in [3.05, 3.63) is 42.0 Å². The van der Waals surface area contributed by atoms with Crippen LogP contribution in [0.1, 0.15) is 38.2 Å². The second kappa shape index (κ2) is 9.68. The van der Waals surface area contributed by atoms with Crippen LogP contribution in [0.5, 0.6) is 5.88 Å². The van der Waals surface area contributed by atoms with E-state index < -0.39 is 49.9 Å². The molecule has 6 rings (SSSR count). The molecule has 0 saturated carbocycles. The molecule has 0 amide bonds. The largest absolute Gasteiger partial charge is 0.509 e. The van der Waals surface area contributed by atoms with E-state index in [-0.39, 0.29) is 42.7 Å². The van der Waals surface area contributed by atoms with Crippen LogP contribution in [0.3, 0.4) is 0 Å². The summed E-state index contributed by atoms with van der Waals surface area (Å²) in [6, 6.07) is 6.03. The minimum Gasteiger partial charge on any atom is -0.476 e. The van der Waals surface area contributed by atoms with Crippen LogP contribution in [0.4, 0.5) is 15.1 Å². The molecule has 3 aliphatic rings. The molecule has 39 heavy (non-hydrogen) atoms. The summed E-state index contributed by atoms with van der Waals surface area (Å²) in [5.41, 5.74) is 5.38. The number of ether oxygens (including phenoxy) is 4. The topological polar surface area (TPSA) is 168 Å². The Morgan fingerprint density at radius 3 is 2.92 bits per heavy atom. The number of nitrogens with zero attached hydrogens (tertiary/aromatic N) is 4. The number of hydrogen-bond donors (Lipinski definition) is 1. The van der Waals surface area contributed by atoms with Crippen LogP contribution < -0.4 is 10.5 Å². The quantitative estimate of drug-likeness (QED) is 0.327. The van der Waals surface area contributed by atoms with Crippen molar-refractivity contribution in [3.8, 4) is 5.88 Å². The molecule has 3 aromatic rings. The van der Waals surface area contributed by atoms with E-state index in [9.17, 15) is 13.8 Å². The van der Waals surface area contributed by atoms with E-state index in [0.29, 0.717) is 12.1 Å². The van der Waals surface area contributed by atoms with E-state index >= 15 is 0 Å². The monoisotopic (exact) mass is 565 g/mol. The first kappa shape index (κ1) is 25.9. The van der Waals surface area contributed by atoms with Crippen molar-refractivity contribution in [2.45, 2.75) is 50.4 Å². The number of carbonyl (C=O) groups excluding carboxylic acids is 1. The Morgan fingerprint density at radius 2 is 2.13 bits per heavy atom. The van der Waals surface area contributed by atoms with Gasteiger partial charge in [0.1, 0.15) is 11.9 Å². The first-order valence-electron chi connectivity index (χ1n) is 12.2. The maximum atomic E-state index is 14.3. The Labute approximate surface area is 221 Å². The van der Waals surface area contributed by atoms with Gasteiger partial charge in [-0.05, 0) is 19.9 Å². The predicted molar refractivity (Wildman–Crippen MR) is 129 cm³/mol. The maximum Gasteiger partial charge on any atom is 0.509 e. The molecule has 14 nitrogen and oxygen atoms in total. The summed E-state index contributed by atoms with van der Waals surface area (Å²) >= 11 is 0. The zero-order valence-electron chi connectivity index (χ0n) is 20.9. The Hall–Kier alpha value is -3.36. The fourth-order valence-corrected chi connectivity index (χ4v) is 6.35. The number of hydrogen-bond acceptors (Lipinski definition) is 13. The van der Waals surface area contributed by atoms with E-state index in [0.717, 1.165) is 0 Å². The number of rotatable bonds is 7. The highest BCUT2D eigenvalue weighted by atomic mass is 31.2. The van der Waals surface area contributed by atoms with Crippen molar-refractivity contribution < 1.29 is 46.3 Å². The zero-order chi connectivity index (χ0) is 27.4. The van der Waals surface area contributed by atoms with Crippen LogP contribution in [0, 0.1) is 5.82 Å². The average molecular weight is 565 g/mol. The number of imidazole rings is 1. The van der Waals surface area contributed by atoms with E-state index in [1.807, 2.05) is 0 Å². The SMILES string of the molecule is CCOc1nc(N)nc2c1ncn2C1OC(COP2(=O)OCCC(c3ccccc3F)O2)C2OC(=O)OC21C. The maximum absolute atomic E-state index is 14.3. The molecule has 3 saturated heterocycles. The average Bonchev–Trinajstić information content (AvgIpc) is 3.52. The number of aromatic nitrogens is 4. The summed E-state index contributed by atoms with van der Waals surface area (Å²) in [6.45, 7) is 3.40. The van der Waals surface area contributed by atoms with Gasteiger partial charge in [0.15, 0.2) is 29.1 Å². The number of carbonyl (C=O) groups is 1. The molecule has 1 aromatic carbocycles. The van der Waals surface area contributed by atoms with Crippen molar-refractivity contribution in [3.63, 3.8) is 0 Å². The van der Waals surface area contributed by atoms with Gasteiger partial charge in [-0.3, -0.25) is 18.1 Å². The number of phosphoric ester groups is 1. The number of benzene rings is 1. The van der Waals surface area contributed by atoms with Gasteiger partial charge in [-0.25, -0.2) is 18.7 Å². The van der Waals surface area contributed by atoms with Crippen LogP contribution in [0.15, 0.2) is 30.6 Å². The third kappa shape index (κ3) is 4.49. The summed E-state index contributed by atoms with van der Waals surface area (Å²) in [6.07, 6.45) is -2.94. The van der Waals surface area contributed by atoms with Gasteiger partial charge >= 0.3 is 14.0 Å². The van der Waals surface area contributed by atoms with Crippen molar-refractivity contribution in [2.75, 3.05) is 25.6 Å². The second-order valence-corrected chi connectivity index (χ2v) is 10.8. The van der Waals surface area contributed by atoms with Gasteiger partial charge in [0.25, 0.3) is 0 Å². The molecule has 0 aliphatic carbocycles. The Kier molecular flexibility index (Phi) is 6.43. The molecule has 0 spiro atoms. The molecule has 208 valence electrons. The fourth-order valence-electron chi connectivity index (χ4n) is 4.97. The summed E-state index contributed by atoms with van der Waals surface area (Å²) in [5, 5.41) is 0. The minimum absolute atomic E-state index is 0.0218. The molecule has 0 radical (unpaired) electrons. The van der Waals surface area contributed by atoms with E-state index in [1.54, 1.807) is 32.0 Å². The van der Waals surface area contributed by atoms with Crippen LogP contribution in [-0.2, 0) is 32.3 Å². The van der Waals surface area contributed by atoms with Crippen molar-refractivity contribution in [2.24, 2.45) is 0 Å². The van der Waals surface area contributed by atoms with Gasteiger partial charge in [-0.15, -0.1) is 0 Å².